The van der Waals surface area contributed by atoms with E-state index in [2.05, 4.69) is 0 Å². The van der Waals surface area contributed by atoms with Crippen molar-refractivity contribution in [3.63, 3.8) is 0 Å². The number of benzene rings is 1. The Kier molecular flexibility index (Phi) is 5.68. The number of likely N-dealkylation sites (N-methyl/N-ethyl adjacent to an activating group) is 1. The Morgan fingerprint density at radius 1 is 1.14 bits per heavy atom. The lowest BCUT2D eigenvalue weighted by Gasteiger charge is -2.16. The van der Waals surface area contributed by atoms with Gasteiger partial charge in [0.25, 0.3) is 5.91 Å². The normalized spacial score (nSPS) is 10.4. The van der Waals surface area contributed by atoms with E-state index in [1.54, 1.807) is 7.05 Å². The van der Waals surface area contributed by atoms with Crippen molar-refractivity contribution >= 4 is 23.2 Å². The molecule has 2 rings (SSSR count). The van der Waals surface area contributed by atoms with Crippen LogP contribution in [0.2, 0.25) is 0 Å². The predicted molar refractivity (Wildman–Crippen MR) is 84.3 cm³/mol. The van der Waals surface area contributed by atoms with Gasteiger partial charge in [-0.2, -0.15) is 0 Å². The molecule has 116 valence electrons. The summed E-state index contributed by atoms with van der Waals surface area (Å²) in [7, 11) is 1.67. The number of thiophene rings is 1. The van der Waals surface area contributed by atoms with E-state index < -0.39 is 5.97 Å². The minimum absolute atomic E-state index is 0.164. The molecule has 0 unspecified atom stereocenters. The highest BCUT2D eigenvalue weighted by molar-refractivity contribution is 7.15. The van der Waals surface area contributed by atoms with Crippen LogP contribution in [0.3, 0.4) is 0 Å². The Balaban J connectivity index is 1.77. The van der Waals surface area contributed by atoms with Crippen LogP contribution in [-0.4, -0.2) is 42.1 Å². The standard InChI is InChI=1S/C16H17NO4S/c1-17(9-10-21-11-12-5-3-2-4-6-12)15(18)13-7-8-14(22-13)16(19)20/h2-8H,9-11H2,1H3,(H,19,20). The molecule has 0 saturated heterocycles. The van der Waals surface area contributed by atoms with Gasteiger partial charge in [0.15, 0.2) is 0 Å². The first-order valence-corrected chi connectivity index (χ1v) is 7.60. The number of nitrogens with zero attached hydrogens (tertiary/aromatic N) is 1. The van der Waals surface area contributed by atoms with Gasteiger partial charge in [0.1, 0.15) is 4.88 Å². The van der Waals surface area contributed by atoms with Gasteiger partial charge < -0.3 is 14.7 Å². The molecule has 0 spiro atoms. The number of carbonyl (C=O) groups is 2. The average molecular weight is 319 g/mol. The van der Waals surface area contributed by atoms with Crippen molar-refractivity contribution < 1.29 is 19.4 Å². The van der Waals surface area contributed by atoms with E-state index in [4.69, 9.17) is 9.84 Å². The average Bonchev–Trinajstić information content (AvgIpc) is 3.02. The van der Waals surface area contributed by atoms with Gasteiger partial charge in [-0.25, -0.2) is 4.79 Å². The monoisotopic (exact) mass is 319 g/mol. The second-order valence-electron chi connectivity index (χ2n) is 4.73. The lowest BCUT2D eigenvalue weighted by atomic mass is 10.2. The molecule has 0 atom stereocenters. The summed E-state index contributed by atoms with van der Waals surface area (Å²) in [6, 6.07) is 12.8. The third kappa shape index (κ3) is 4.41. The molecule has 0 saturated carbocycles. The van der Waals surface area contributed by atoms with Crippen molar-refractivity contribution in [1.29, 1.82) is 0 Å². The van der Waals surface area contributed by atoms with E-state index in [1.165, 1.54) is 17.0 Å². The van der Waals surface area contributed by atoms with Crippen LogP contribution in [0.15, 0.2) is 42.5 Å². The van der Waals surface area contributed by atoms with Crippen molar-refractivity contribution in [2.75, 3.05) is 20.2 Å². The molecule has 0 bridgehead atoms. The second kappa shape index (κ2) is 7.72. The molecular formula is C16H17NO4S. The van der Waals surface area contributed by atoms with Crippen molar-refractivity contribution in [1.82, 2.24) is 4.90 Å². The number of amides is 1. The largest absolute Gasteiger partial charge is 0.477 e. The molecule has 0 aliphatic rings. The van der Waals surface area contributed by atoms with Gasteiger partial charge in [-0.1, -0.05) is 30.3 Å². The number of ether oxygens (including phenoxy) is 1. The number of carbonyl (C=O) groups excluding carboxylic acids is 1. The molecule has 1 amide bonds. The quantitative estimate of drug-likeness (QED) is 0.797. The highest BCUT2D eigenvalue weighted by Gasteiger charge is 2.16. The Morgan fingerprint density at radius 3 is 2.45 bits per heavy atom. The van der Waals surface area contributed by atoms with E-state index in [0.717, 1.165) is 16.9 Å². The molecule has 6 heteroatoms. The highest BCUT2D eigenvalue weighted by Crippen LogP contribution is 2.17. The van der Waals surface area contributed by atoms with Crippen molar-refractivity contribution in [3.05, 3.63) is 57.8 Å². The van der Waals surface area contributed by atoms with Crippen LogP contribution in [-0.2, 0) is 11.3 Å². The smallest absolute Gasteiger partial charge is 0.345 e. The van der Waals surface area contributed by atoms with Gasteiger partial charge in [-0.15, -0.1) is 11.3 Å². The maximum absolute atomic E-state index is 12.1. The topological polar surface area (TPSA) is 66.8 Å². The first-order chi connectivity index (χ1) is 10.6. The van der Waals surface area contributed by atoms with Crippen molar-refractivity contribution in [2.24, 2.45) is 0 Å². The van der Waals surface area contributed by atoms with Crippen LogP contribution < -0.4 is 0 Å². The summed E-state index contributed by atoms with van der Waals surface area (Å²) in [5.41, 5.74) is 1.08. The number of carboxylic acid groups (broad SMARTS) is 1. The summed E-state index contributed by atoms with van der Waals surface area (Å²) in [6.45, 7) is 1.38. The predicted octanol–water partition coefficient (Wildman–Crippen LogP) is 2.74. The number of carboxylic acids is 1. The Hall–Kier alpha value is -2.18. The first-order valence-electron chi connectivity index (χ1n) is 6.78. The van der Waals surface area contributed by atoms with Crippen molar-refractivity contribution in [2.45, 2.75) is 6.61 Å². The van der Waals surface area contributed by atoms with Gasteiger partial charge in [0.2, 0.25) is 0 Å². The minimum atomic E-state index is -1.02. The zero-order chi connectivity index (χ0) is 15.9. The Morgan fingerprint density at radius 2 is 1.82 bits per heavy atom. The van der Waals surface area contributed by atoms with Gasteiger partial charge in [-0.05, 0) is 17.7 Å². The number of rotatable bonds is 7. The third-order valence-electron chi connectivity index (χ3n) is 3.06. The molecule has 0 aliphatic carbocycles. The number of hydrogen-bond acceptors (Lipinski definition) is 4. The summed E-state index contributed by atoms with van der Waals surface area (Å²) < 4.78 is 5.54. The van der Waals surface area contributed by atoms with Gasteiger partial charge >= 0.3 is 5.97 Å². The van der Waals surface area contributed by atoms with E-state index >= 15 is 0 Å². The molecule has 1 heterocycles. The van der Waals surface area contributed by atoms with Crippen LogP contribution in [0.4, 0.5) is 0 Å². The lowest BCUT2D eigenvalue weighted by molar-refractivity contribution is 0.0674. The van der Waals surface area contributed by atoms with Gasteiger partial charge in [0, 0.05) is 13.6 Å². The summed E-state index contributed by atoms with van der Waals surface area (Å²) >= 11 is 0.982. The zero-order valence-corrected chi connectivity index (χ0v) is 13.0. The molecular weight excluding hydrogens is 302 g/mol. The second-order valence-corrected chi connectivity index (χ2v) is 5.82. The number of hydrogen-bond donors (Lipinski definition) is 1. The van der Waals surface area contributed by atoms with E-state index in [9.17, 15) is 9.59 Å². The summed E-state index contributed by atoms with van der Waals surface area (Å²) in [5.74, 6) is -1.21. The molecule has 1 aromatic carbocycles. The van der Waals surface area contributed by atoms with Crippen LogP contribution in [0.1, 0.15) is 24.9 Å². The van der Waals surface area contributed by atoms with Crippen LogP contribution in [0, 0.1) is 0 Å². The van der Waals surface area contributed by atoms with Crippen LogP contribution >= 0.6 is 11.3 Å². The van der Waals surface area contributed by atoms with Crippen LogP contribution in [0.5, 0.6) is 0 Å². The summed E-state index contributed by atoms with van der Waals surface area (Å²) in [4.78, 5) is 25.1. The summed E-state index contributed by atoms with van der Waals surface area (Å²) in [5, 5.41) is 8.87. The van der Waals surface area contributed by atoms with Gasteiger partial charge in [0.05, 0.1) is 18.1 Å². The van der Waals surface area contributed by atoms with Gasteiger partial charge in [-0.3, -0.25) is 4.79 Å². The van der Waals surface area contributed by atoms with Crippen molar-refractivity contribution in [3.8, 4) is 0 Å². The highest BCUT2D eigenvalue weighted by atomic mass is 32.1. The lowest BCUT2D eigenvalue weighted by Crippen LogP contribution is -2.29. The number of aromatic carboxylic acids is 1. The van der Waals surface area contributed by atoms with E-state index in [-0.39, 0.29) is 10.8 Å². The minimum Gasteiger partial charge on any atom is -0.477 e. The fraction of sp³-hybridized carbons (Fsp3) is 0.250. The maximum atomic E-state index is 12.1. The molecule has 0 aliphatic heterocycles. The maximum Gasteiger partial charge on any atom is 0.345 e. The fourth-order valence-electron chi connectivity index (χ4n) is 1.82. The Labute approximate surface area is 132 Å². The zero-order valence-electron chi connectivity index (χ0n) is 12.2. The molecule has 22 heavy (non-hydrogen) atoms. The molecule has 5 nitrogen and oxygen atoms in total. The molecule has 0 radical (unpaired) electrons. The fourth-order valence-corrected chi connectivity index (χ4v) is 2.66. The Bertz CT molecular complexity index is 639. The van der Waals surface area contributed by atoms with Crippen LogP contribution in [0.25, 0.3) is 0 Å². The summed E-state index contributed by atoms with van der Waals surface area (Å²) in [6.07, 6.45) is 0. The third-order valence-corrected chi connectivity index (χ3v) is 4.12. The molecule has 1 aromatic heterocycles. The molecule has 2 aromatic rings. The molecule has 1 N–H and O–H groups in total. The first kappa shape index (κ1) is 16.2. The molecule has 0 fully saturated rings. The van der Waals surface area contributed by atoms with E-state index in [0.29, 0.717) is 24.6 Å². The van der Waals surface area contributed by atoms with E-state index in [1.807, 2.05) is 30.3 Å². The SMILES string of the molecule is CN(CCOCc1ccccc1)C(=O)c1ccc(C(=O)O)s1.